The molecule has 1 aromatic carbocycles. The summed E-state index contributed by atoms with van der Waals surface area (Å²) >= 11 is 6.74. The Morgan fingerprint density at radius 1 is 1.25 bits per heavy atom. The number of methoxy groups -OCH3 is 2. The molecule has 5 heteroatoms. The molecule has 0 fully saturated rings. The van der Waals surface area contributed by atoms with E-state index in [1.54, 1.807) is 26.4 Å². The Labute approximate surface area is 111 Å². The number of alkyl halides is 1. The van der Waals surface area contributed by atoms with Crippen LogP contribution < -0.4 is 9.47 Å². The molecule has 0 bridgehead atoms. The summed E-state index contributed by atoms with van der Waals surface area (Å²) in [6.07, 6.45) is 0. The second kappa shape index (κ2) is 5.68. The first-order valence-electron chi connectivity index (χ1n) is 4.57. The van der Waals surface area contributed by atoms with Crippen LogP contribution in [0.15, 0.2) is 16.6 Å². The van der Waals surface area contributed by atoms with Gasteiger partial charge in [-0.1, -0.05) is 31.9 Å². The average molecular weight is 352 g/mol. The number of rotatable bonds is 4. The van der Waals surface area contributed by atoms with Crippen LogP contribution in [0.1, 0.15) is 17.3 Å². The number of benzene rings is 1. The van der Waals surface area contributed by atoms with Crippen LogP contribution in [0, 0.1) is 0 Å². The Hall–Kier alpha value is -0.550. The zero-order valence-corrected chi connectivity index (χ0v) is 12.4. The van der Waals surface area contributed by atoms with E-state index in [1.807, 2.05) is 0 Å². The van der Waals surface area contributed by atoms with E-state index < -0.39 is 0 Å². The fraction of sp³-hybridized carbons (Fsp3) is 0.364. The third kappa shape index (κ3) is 2.77. The van der Waals surface area contributed by atoms with Crippen LogP contribution in [0.25, 0.3) is 0 Å². The van der Waals surface area contributed by atoms with Crippen LogP contribution in [0.2, 0.25) is 0 Å². The second-order valence-electron chi connectivity index (χ2n) is 3.20. The van der Waals surface area contributed by atoms with Gasteiger partial charge >= 0.3 is 0 Å². The summed E-state index contributed by atoms with van der Waals surface area (Å²) in [7, 11) is 3.13. The quantitative estimate of drug-likeness (QED) is 0.779. The lowest BCUT2D eigenvalue weighted by Gasteiger charge is -2.14. The first-order valence-corrected chi connectivity index (χ1v) is 6.28. The maximum atomic E-state index is 11.3. The Morgan fingerprint density at radius 3 is 2.19 bits per heavy atom. The Morgan fingerprint density at radius 2 is 1.75 bits per heavy atom. The van der Waals surface area contributed by atoms with E-state index in [0.717, 1.165) is 10.0 Å². The van der Waals surface area contributed by atoms with Crippen molar-refractivity contribution in [2.24, 2.45) is 0 Å². The van der Waals surface area contributed by atoms with Gasteiger partial charge < -0.3 is 9.47 Å². The monoisotopic (exact) mass is 350 g/mol. The average Bonchev–Trinajstić information content (AvgIpc) is 2.27. The van der Waals surface area contributed by atoms with Gasteiger partial charge in [-0.3, -0.25) is 4.79 Å². The van der Waals surface area contributed by atoms with Crippen LogP contribution in [-0.2, 0) is 4.79 Å². The summed E-state index contributed by atoms with van der Waals surface area (Å²) in [5, 5.41) is 0. The van der Waals surface area contributed by atoms with Crippen molar-refractivity contribution in [3.8, 4) is 11.5 Å². The first-order chi connectivity index (χ1) is 7.51. The molecular weight excluding hydrogens is 340 g/mol. The lowest BCUT2D eigenvalue weighted by atomic mass is 10.1. The zero-order valence-electron chi connectivity index (χ0n) is 9.21. The highest BCUT2D eigenvalue weighted by molar-refractivity contribution is 9.11. The molecule has 88 valence electrons. The molecule has 0 radical (unpaired) electrons. The van der Waals surface area contributed by atoms with E-state index in [2.05, 4.69) is 31.9 Å². The fourth-order valence-corrected chi connectivity index (χ4v) is 2.52. The Bertz CT molecular complexity index is 404. The second-order valence-corrected chi connectivity index (χ2v) is 4.97. The largest absolute Gasteiger partial charge is 0.493 e. The maximum Gasteiger partial charge on any atom is 0.161 e. The molecule has 16 heavy (non-hydrogen) atoms. The molecule has 0 heterocycles. The van der Waals surface area contributed by atoms with Gasteiger partial charge in [-0.05, 0) is 24.6 Å². The van der Waals surface area contributed by atoms with E-state index in [1.165, 1.54) is 6.92 Å². The smallest absolute Gasteiger partial charge is 0.161 e. The lowest BCUT2D eigenvalue weighted by Crippen LogP contribution is -2.03. The molecule has 0 aliphatic carbocycles. The van der Waals surface area contributed by atoms with Gasteiger partial charge in [0.05, 0.1) is 19.0 Å². The minimum Gasteiger partial charge on any atom is -0.493 e. The predicted molar refractivity (Wildman–Crippen MR) is 69.6 cm³/mol. The summed E-state index contributed by atoms with van der Waals surface area (Å²) < 4.78 is 11.1. The normalized spacial score (nSPS) is 12.1. The minimum absolute atomic E-state index is 0.0351. The van der Waals surface area contributed by atoms with Gasteiger partial charge in [-0.25, -0.2) is 0 Å². The number of ether oxygens (including phenoxy) is 2. The summed E-state index contributed by atoms with van der Waals surface area (Å²) in [6, 6.07) is 3.56. The van der Waals surface area contributed by atoms with Gasteiger partial charge in [0.2, 0.25) is 0 Å². The van der Waals surface area contributed by atoms with Gasteiger partial charge in [0, 0.05) is 4.47 Å². The van der Waals surface area contributed by atoms with Gasteiger partial charge in [0.25, 0.3) is 0 Å². The molecule has 1 rings (SSSR count). The van der Waals surface area contributed by atoms with Crippen molar-refractivity contribution in [3.63, 3.8) is 0 Å². The van der Waals surface area contributed by atoms with Crippen molar-refractivity contribution in [2.75, 3.05) is 14.2 Å². The highest BCUT2D eigenvalue weighted by Crippen LogP contribution is 2.38. The molecule has 3 nitrogen and oxygen atoms in total. The van der Waals surface area contributed by atoms with Crippen LogP contribution >= 0.6 is 31.9 Å². The van der Waals surface area contributed by atoms with Gasteiger partial charge in [0.1, 0.15) is 5.78 Å². The molecule has 1 unspecified atom stereocenters. The van der Waals surface area contributed by atoms with E-state index in [0.29, 0.717) is 11.5 Å². The topological polar surface area (TPSA) is 35.5 Å². The lowest BCUT2D eigenvalue weighted by molar-refractivity contribution is -0.116. The van der Waals surface area contributed by atoms with Crippen molar-refractivity contribution < 1.29 is 14.3 Å². The molecule has 0 spiro atoms. The van der Waals surface area contributed by atoms with Crippen LogP contribution in [0.3, 0.4) is 0 Å². The van der Waals surface area contributed by atoms with E-state index >= 15 is 0 Å². The molecule has 1 aromatic rings. The van der Waals surface area contributed by atoms with Crippen LogP contribution in [0.5, 0.6) is 11.5 Å². The van der Waals surface area contributed by atoms with Crippen molar-refractivity contribution >= 4 is 37.6 Å². The number of hydrogen-bond donors (Lipinski definition) is 0. The molecular formula is C11H12Br2O3. The molecule has 0 N–H and O–H groups in total. The van der Waals surface area contributed by atoms with Crippen LogP contribution in [0.4, 0.5) is 0 Å². The number of carbonyl (C=O) groups excluding carboxylic acids is 1. The summed E-state index contributed by atoms with van der Waals surface area (Å²) in [4.78, 5) is 11.0. The number of hydrogen-bond acceptors (Lipinski definition) is 3. The third-order valence-electron chi connectivity index (χ3n) is 2.13. The Balaban J connectivity index is 3.26. The van der Waals surface area contributed by atoms with Gasteiger partial charge in [-0.2, -0.15) is 0 Å². The Kier molecular flexibility index (Phi) is 4.80. The number of Topliss-reactive ketones (excluding diaryl/α,β-unsaturated/α-hetero) is 1. The van der Waals surface area contributed by atoms with E-state index in [4.69, 9.17) is 9.47 Å². The van der Waals surface area contributed by atoms with Crippen molar-refractivity contribution in [3.05, 3.63) is 22.2 Å². The zero-order chi connectivity index (χ0) is 12.3. The predicted octanol–water partition coefficient (Wildman–Crippen LogP) is 3.49. The van der Waals surface area contributed by atoms with Gasteiger partial charge in [-0.15, -0.1) is 0 Å². The third-order valence-corrected chi connectivity index (χ3v) is 3.96. The van der Waals surface area contributed by atoms with Crippen molar-refractivity contribution in [1.82, 2.24) is 0 Å². The number of carbonyl (C=O) groups is 1. The molecule has 0 saturated heterocycles. The fourth-order valence-electron chi connectivity index (χ4n) is 1.28. The molecule has 1 atom stereocenters. The van der Waals surface area contributed by atoms with Crippen LogP contribution in [-0.4, -0.2) is 20.0 Å². The molecule has 0 aliphatic rings. The SMILES string of the molecule is COc1cc(Br)c(C(Br)C(C)=O)cc1OC. The van der Waals surface area contributed by atoms with E-state index in [-0.39, 0.29) is 10.6 Å². The van der Waals surface area contributed by atoms with Gasteiger partial charge in [0.15, 0.2) is 11.5 Å². The van der Waals surface area contributed by atoms with Crippen molar-refractivity contribution in [2.45, 2.75) is 11.8 Å². The number of halogens is 2. The molecule has 0 aromatic heterocycles. The maximum absolute atomic E-state index is 11.3. The highest BCUT2D eigenvalue weighted by atomic mass is 79.9. The van der Waals surface area contributed by atoms with Crippen molar-refractivity contribution in [1.29, 1.82) is 0 Å². The first kappa shape index (κ1) is 13.5. The number of ketones is 1. The molecule has 0 aliphatic heterocycles. The molecule has 0 amide bonds. The minimum atomic E-state index is -0.346. The standard InChI is InChI=1S/C11H12Br2O3/c1-6(14)11(13)7-4-9(15-2)10(16-3)5-8(7)12/h4-5,11H,1-3H3. The summed E-state index contributed by atoms with van der Waals surface area (Å²) in [5.41, 5.74) is 0.824. The van der Waals surface area contributed by atoms with E-state index in [9.17, 15) is 4.79 Å². The molecule has 0 saturated carbocycles. The summed E-state index contributed by atoms with van der Waals surface area (Å²) in [6.45, 7) is 1.53. The highest BCUT2D eigenvalue weighted by Gasteiger charge is 2.18. The summed E-state index contributed by atoms with van der Waals surface area (Å²) in [5.74, 6) is 1.26.